The van der Waals surface area contributed by atoms with E-state index in [1.54, 1.807) is 25.1 Å². The number of nitrogens with zero attached hydrogens (tertiary/aromatic N) is 1. The van der Waals surface area contributed by atoms with Gasteiger partial charge in [-0.15, -0.1) is 0 Å². The molecule has 3 unspecified atom stereocenters. The van der Waals surface area contributed by atoms with Crippen molar-refractivity contribution in [1.29, 1.82) is 0 Å². The lowest BCUT2D eigenvalue weighted by molar-refractivity contribution is -0.104. The number of rotatable bonds is 8. The van der Waals surface area contributed by atoms with Crippen LogP contribution in [0.4, 0.5) is 0 Å². The molecule has 0 amide bonds. The van der Waals surface area contributed by atoms with E-state index < -0.39 is 0 Å². The smallest absolute Gasteiger partial charge is 0.142 e. The Morgan fingerprint density at radius 2 is 1.90 bits per heavy atom. The molecule has 2 aromatic carbocycles. The summed E-state index contributed by atoms with van der Waals surface area (Å²) in [5, 5.41) is 0. The van der Waals surface area contributed by atoms with Crippen LogP contribution in [0.2, 0.25) is 0 Å². The van der Waals surface area contributed by atoms with Crippen LogP contribution in [0.5, 0.6) is 0 Å². The lowest BCUT2D eigenvalue weighted by Gasteiger charge is -2.45. The van der Waals surface area contributed by atoms with E-state index in [1.807, 2.05) is 12.1 Å². The zero-order valence-corrected chi connectivity index (χ0v) is 18.6. The largest absolute Gasteiger partial charge is 0.375 e. The summed E-state index contributed by atoms with van der Waals surface area (Å²) in [5.41, 5.74) is 4.87. The highest BCUT2D eigenvalue weighted by atomic mass is 32.2. The summed E-state index contributed by atoms with van der Waals surface area (Å²) >= 11 is 1.65. The van der Waals surface area contributed by atoms with Gasteiger partial charge < -0.3 is 9.64 Å². The van der Waals surface area contributed by atoms with Crippen LogP contribution in [0.3, 0.4) is 0 Å². The fourth-order valence-electron chi connectivity index (χ4n) is 4.15. The maximum atomic E-state index is 10.7. The number of carbonyl (C=O) groups is 1. The summed E-state index contributed by atoms with van der Waals surface area (Å²) in [6, 6.07) is 19.8. The molecule has 5 heteroatoms. The first-order chi connectivity index (χ1) is 14.7. The molecule has 1 aliphatic rings. The molecule has 0 spiro atoms. The first kappa shape index (κ1) is 22.3. The van der Waals surface area contributed by atoms with Crippen molar-refractivity contribution in [3.63, 3.8) is 0 Å². The van der Waals surface area contributed by atoms with E-state index in [-0.39, 0.29) is 18.2 Å². The number of ether oxygens (including phenoxy) is 1. The van der Waals surface area contributed by atoms with Crippen LogP contribution < -0.4 is 4.72 Å². The molecule has 158 valence electrons. The normalized spacial score (nSPS) is 23.2. The molecular formula is C25H30N2O2S. The molecular weight excluding hydrogens is 392 g/mol. The summed E-state index contributed by atoms with van der Waals surface area (Å²) in [7, 11) is 3.86. The van der Waals surface area contributed by atoms with Gasteiger partial charge >= 0.3 is 0 Å². The highest BCUT2D eigenvalue weighted by Gasteiger charge is 2.37. The molecule has 0 aromatic heterocycles. The van der Waals surface area contributed by atoms with Gasteiger partial charge in [0.25, 0.3) is 0 Å². The Labute approximate surface area is 184 Å². The van der Waals surface area contributed by atoms with Crippen molar-refractivity contribution in [2.24, 2.45) is 0 Å². The molecule has 1 saturated heterocycles. The fraction of sp³-hybridized carbons (Fsp3) is 0.320. The number of piperidine rings is 1. The maximum Gasteiger partial charge on any atom is 0.142 e. The number of likely N-dealkylation sites (tertiary alicyclic amines) is 1. The number of carbonyl (C=O) groups excluding carboxylic acids is 1. The Bertz CT molecular complexity index is 882. The SMILES string of the molecule is COC1CC(NSC)C(Cc2cccc(-c3ccccc3)c2)N(C)/C1=C\C=C/C=O. The highest BCUT2D eigenvalue weighted by molar-refractivity contribution is 7.96. The molecule has 4 nitrogen and oxygen atoms in total. The number of benzene rings is 2. The Morgan fingerprint density at radius 3 is 2.60 bits per heavy atom. The van der Waals surface area contributed by atoms with Gasteiger partial charge in [0.05, 0.1) is 6.10 Å². The van der Waals surface area contributed by atoms with E-state index in [2.05, 4.69) is 71.5 Å². The van der Waals surface area contributed by atoms with Crippen LogP contribution in [0.25, 0.3) is 11.1 Å². The van der Waals surface area contributed by atoms with Crippen molar-refractivity contribution in [2.75, 3.05) is 20.4 Å². The standard InChI is InChI=1S/C25H30N2O2S/c1-27-23(14-7-8-15-28)25(29-2)18-22(26-30-3)24(27)17-19-10-9-13-21(16-19)20-11-5-4-6-12-20/h4-16,22,24-26H,17-18H2,1-3H3/b8-7-,23-14-. The molecule has 2 aromatic rings. The van der Waals surface area contributed by atoms with Gasteiger partial charge in [-0.25, -0.2) is 0 Å². The van der Waals surface area contributed by atoms with Crippen LogP contribution in [0.1, 0.15) is 12.0 Å². The third-order valence-electron chi connectivity index (χ3n) is 5.66. The molecule has 0 saturated carbocycles. The van der Waals surface area contributed by atoms with Crippen molar-refractivity contribution < 1.29 is 9.53 Å². The Kier molecular flexibility index (Phi) is 8.31. The number of allylic oxidation sites excluding steroid dienone is 3. The highest BCUT2D eigenvalue weighted by Crippen LogP contribution is 2.31. The number of hydrogen-bond acceptors (Lipinski definition) is 5. The molecule has 0 radical (unpaired) electrons. The minimum Gasteiger partial charge on any atom is -0.375 e. The van der Waals surface area contributed by atoms with Crippen molar-refractivity contribution in [3.05, 3.63) is 84.1 Å². The third-order valence-corrected chi connectivity index (χ3v) is 6.19. The lowest BCUT2D eigenvalue weighted by atomic mass is 9.88. The van der Waals surface area contributed by atoms with Crippen LogP contribution in [0.15, 0.2) is 78.5 Å². The molecule has 1 N–H and O–H groups in total. The molecule has 0 aliphatic carbocycles. The Hall–Kier alpha value is -2.34. The van der Waals surface area contributed by atoms with E-state index in [9.17, 15) is 4.79 Å². The molecule has 1 fully saturated rings. The molecule has 1 aliphatic heterocycles. The van der Waals surface area contributed by atoms with Gasteiger partial charge in [0.15, 0.2) is 0 Å². The molecule has 0 bridgehead atoms. The number of aldehydes is 1. The first-order valence-electron chi connectivity index (χ1n) is 10.2. The van der Waals surface area contributed by atoms with E-state index in [4.69, 9.17) is 4.74 Å². The molecule has 30 heavy (non-hydrogen) atoms. The summed E-state index contributed by atoms with van der Waals surface area (Å²) < 4.78 is 9.35. The zero-order valence-electron chi connectivity index (χ0n) is 17.8. The van der Waals surface area contributed by atoms with Gasteiger partial charge in [0, 0.05) is 31.9 Å². The van der Waals surface area contributed by atoms with E-state index >= 15 is 0 Å². The van der Waals surface area contributed by atoms with Crippen molar-refractivity contribution >= 4 is 18.2 Å². The van der Waals surface area contributed by atoms with Crippen molar-refractivity contribution in [1.82, 2.24) is 9.62 Å². The average molecular weight is 423 g/mol. The Balaban J connectivity index is 1.88. The number of hydrogen-bond donors (Lipinski definition) is 1. The number of nitrogens with one attached hydrogen (secondary N) is 1. The predicted molar refractivity (Wildman–Crippen MR) is 126 cm³/mol. The topological polar surface area (TPSA) is 41.6 Å². The quantitative estimate of drug-likeness (QED) is 0.386. The summed E-state index contributed by atoms with van der Waals surface area (Å²) in [6.07, 6.45) is 9.94. The van der Waals surface area contributed by atoms with Gasteiger partial charge in [0.1, 0.15) is 6.29 Å². The summed E-state index contributed by atoms with van der Waals surface area (Å²) in [4.78, 5) is 13.0. The van der Waals surface area contributed by atoms with Gasteiger partial charge in [-0.2, -0.15) is 0 Å². The monoisotopic (exact) mass is 422 g/mol. The van der Waals surface area contributed by atoms with E-state index in [1.165, 1.54) is 22.8 Å². The summed E-state index contributed by atoms with van der Waals surface area (Å²) in [6.45, 7) is 0. The second-order valence-corrected chi connectivity index (χ2v) is 8.09. The number of methoxy groups -OCH3 is 1. The first-order valence-corrected chi connectivity index (χ1v) is 11.4. The van der Waals surface area contributed by atoms with Crippen LogP contribution in [-0.4, -0.2) is 49.8 Å². The van der Waals surface area contributed by atoms with Crippen molar-refractivity contribution in [2.45, 2.75) is 31.0 Å². The molecule has 1 heterocycles. The Morgan fingerprint density at radius 1 is 1.13 bits per heavy atom. The van der Waals surface area contributed by atoms with Gasteiger partial charge in [-0.05, 0) is 47.9 Å². The zero-order chi connectivity index (χ0) is 21.3. The van der Waals surface area contributed by atoms with E-state index in [0.29, 0.717) is 0 Å². The minimum absolute atomic E-state index is 0.0112. The van der Waals surface area contributed by atoms with Crippen LogP contribution in [0, 0.1) is 0 Å². The van der Waals surface area contributed by atoms with Gasteiger partial charge in [-0.3, -0.25) is 9.52 Å². The van der Waals surface area contributed by atoms with Crippen molar-refractivity contribution in [3.8, 4) is 11.1 Å². The van der Waals surface area contributed by atoms with Gasteiger partial charge in [-0.1, -0.05) is 72.6 Å². The van der Waals surface area contributed by atoms with Crippen LogP contribution in [-0.2, 0) is 16.0 Å². The van der Waals surface area contributed by atoms with E-state index in [0.717, 1.165) is 24.8 Å². The maximum absolute atomic E-state index is 10.7. The number of likely N-dealkylation sites (N-methyl/N-ethyl adjacent to an activating group) is 1. The average Bonchev–Trinajstić information content (AvgIpc) is 2.78. The fourth-order valence-corrected chi connectivity index (χ4v) is 4.70. The predicted octanol–water partition coefficient (Wildman–Crippen LogP) is 4.49. The second kappa shape index (κ2) is 11.2. The molecule has 3 rings (SSSR count). The third kappa shape index (κ3) is 5.42. The van der Waals surface area contributed by atoms with Gasteiger partial charge in [0.2, 0.25) is 0 Å². The minimum atomic E-state index is -0.0112. The van der Waals surface area contributed by atoms with Crippen LogP contribution >= 0.6 is 11.9 Å². The second-order valence-electron chi connectivity index (χ2n) is 7.45. The lowest BCUT2D eigenvalue weighted by Crippen LogP contribution is -2.55. The summed E-state index contributed by atoms with van der Waals surface area (Å²) in [5.74, 6) is 0. The molecule has 3 atom stereocenters.